The highest BCUT2D eigenvalue weighted by Crippen LogP contribution is 2.36. The summed E-state index contributed by atoms with van der Waals surface area (Å²) in [5.74, 6) is 0.675. The Bertz CT molecular complexity index is 1230. The number of rotatable bonds is 4. The van der Waals surface area contributed by atoms with Gasteiger partial charge in [0.2, 0.25) is 0 Å². The van der Waals surface area contributed by atoms with Gasteiger partial charge in [0.05, 0.1) is 18.1 Å². The number of hydrogen-bond donors (Lipinski definition) is 1. The first-order valence-electron chi connectivity index (χ1n) is 12.2. The molecule has 2 bridgehead atoms. The molecule has 0 aliphatic carbocycles. The minimum absolute atomic E-state index is 0. The summed E-state index contributed by atoms with van der Waals surface area (Å²) in [6, 6.07) is 16.2. The first kappa shape index (κ1) is 24.3. The van der Waals surface area contributed by atoms with Gasteiger partial charge in [-0.15, -0.1) is 23.7 Å². The van der Waals surface area contributed by atoms with Crippen LogP contribution in [0.2, 0.25) is 0 Å². The van der Waals surface area contributed by atoms with E-state index in [-0.39, 0.29) is 30.3 Å². The van der Waals surface area contributed by atoms with Crippen LogP contribution in [0.25, 0.3) is 21.2 Å². The number of morpholine rings is 1. The Balaban J connectivity index is 0.00000253. The van der Waals surface area contributed by atoms with E-state index in [1.807, 2.05) is 41.3 Å². The van der Waals surface area contributed by atoms with Crippen molar-refractivity contribution in [2.75, 3.05) is 45.9 Å². The molecule has 3 aromatic rings. The lowest BCUT2D eigenvalue weighted by atomic mass is 9.84. The number of carbonyl (C=O) groups excluding carboxylic acids is 2. The fourth-order valence-electron chi connectivity index (χ4n) is 5.54. The average Bonchev–Trinajstić information content (AvgIpc) is 3.34. The van der Waals surface area contributed by atoms with Crippen molar-refractivity contribution in [2.24, 2.45) is 5.92 Å². The Kier molecular flexibility index (Phi) is 7.12. The molecular weight excluding hydrogens is 482 g/mol. The van der Waals surface area contributed by atoms with Crippen molar-refractivity contribution >= 4 is 45.6 Å². The van der Waals surface area contributed by atoms with Crippen molar-refractivity contribution in [3.05, 3.63) is 59.0 Å². The first-order valence-corrected chi connectivity index (χ1v) is 13.0. The lowest BCUT2D eigenvalue weighted by Gasteiger charge is -2.44. The Hall–Kier alpha value is -2.45. The maximum absolute atomic E-state index is 13.1. The Morgan fingerprint density at radius 3 is 2.49 bits per heavy atom. The molecule has 0 unspecified atom stereocenters. The van der Waals surface area contributed by atoms with Gasteiger partial charge in [0, 0.05) is 35.9 Å². The molecule has 0 spiro atoms. The fourth-order valence-corrected chi connectivity index (χ4v) is 6.64. The number of fused-ring (bicyclic) bond motifs is 4. The van der Waals surface area contributed by atoms with Gasteiger partial charge in [-0.1, -0.05) is 30.3 Å². The minimum Gasteiger partial charge on any atom is -0.378 e. The van der Waals surface area contributed by atoms with Crippen molar-refractivity contribution in [1.82, 2.24) is 15.1 Å². The minimum atomic E-state index is 0. The number of ether oxygens (including phenoxy) is 1. The molecule has 184 valence electrons. The third-order valence-corrected chi connectivity index (χ3v) is 8.64. The molecule has 8 heteroatoms. The lowest BCUT2D eigenvalue weighted by Crippen LogP contribution is -2.57. The Morgan fingerprint density at radius 2 is 1.74 bits per heavy atom. The van der Waals surface area contributed by atoms with Crippen LogP contribution >= 0.6 is 23.7 Å². The number of nitrogens with zero attached hydrogens (tertiary/aromatic N) is 2. The van der Waals surface area contributed by atoms with Gasteiger partial charge in [-0.2, -0.15) is 0 Å². The van der Waals surface area contributed by atoms with E-state index in [0.29, 0.717) is 37.8 Å². The first-order chi connectivity index (χ1) is 16.7. The zero-order chi connectivity index (χ0) is 23.1. The zero-order valence-corrected chi connectivity index (χ0v) is 21.2. The third kappa shape index (κ3) is 4.83. The van der Waals surface area contributed by atoms with Crippen molar-refractivity contribution in [3.8, 4) is 11.1 Å². The van der Waals surface area contributed by atoms with Crippen LogP contribution in [-0.2, 0) is 4.74 Å². The quantitative estimate of drug-likeness (QED) is 0.567. The summed E-state index contributed by atoms with van der Waals surface area (Å²) in [5.41, 5.74) is 2.74. The van der Waals surface area contributed by atoms with Crippen LogP contribution in [0.3, 0.4) is 0 Å². The second kappa shape index (κ2) is 10.3. The molecule has 2 amide bonds. The van der Waals surface area contributed by atoms with Gasteiger partial charge >= 0.3 is 0 Å². The van der Waals surface area contributed by atoms with E-state index >= 15 is 0 Å². The molecule has 1 aromatic heterocycles. The van der Waals surface area contributed by atoms with Crippen LogP contribution < -0.4 is 5.32 Å². The maximum atomic E-state index is 13.1. The van der Waals surface area contributed by atoms with Crippen LogP contribution in [0.1, 0.15) is 32.9 Å². The predicted octanol–water partition coefficient (Wildman–Crippen LogP) is 4.29. The summed E-state index contributed by atoms with van der Waals surface area (Å²) in [7, 11) is 0. The van der Waals surface area contributed by atoms with Gasteiger partial charge in [0.25, 0.3) is 11.8 Å². The summed E-state index contributed by atoms with van der Waals surface area (Å²) >= 11 is 1.54. The van der Waals surface area contributed by atoms with E-state index in [1.54, 1.807) is 11.3 Å². The molecule has 6 nitrogen and oxygen atoms in total. The van der Waals surface area contributed by atoms with Gasteiger partial charge < -0.3 is 19.9 Å². The molecule has 35 heavy (non-hydrogen) atoms. The van der Waals surface area contributed by atoms with Crippen LogP contribution in [0.15, 0.2) is 48.5 Å². The van der Waals surface area contributed by atoms with E-state index in [4.69, 9.17) is 4.74 Å². The number of thiophene rings is 1. The highest BCUT2D eigenvalue weighted by atomic mass is 35.5. The fraction of sp³-hybridized carbons (Fsp3) is 0.407. The molecule has 5 heterocycles. The van der Waals surface area contributed by atoms with Gasteiger partial charge in [0.1, 0.15) is 0 Å². The van der Waals surface area contributed by atoms with E-state index in [0.717, 1.165) is 45.7 Å². The van der Waals surface area contributed by atoms with Gasteiger partial charge in [-0.25, -0.2) is 0 Å². The van der Waals surface area contributed by atoms with Crippen LogP contribution in [0.4, 0.5) is 0 Å². The van der Waals surface area contributed by atoms with Gasteiger partial charge in [0.15, 0.2) is 0 Å². The summed E-state index contributed by atoms with van der Waals surface area (Å²) in [6.07, 6.45) is 2.36. The smallest absolute Gasteiger partial charge is 0.261 e. The van der Waals surface area contributed by atoms with Crippen LogP contribution in [-0.4, -0.2) is 73.6 Å². The summed E-state index contributed by atoms with van der Waals surface area (Å²) in [4.78, 5) is 31.2. The Labute approximate surface area is 215 Å². The van der Waals surface area contributed by atoms with Crippen LogP contribution in [0.5, 0.6) is 0 Å². The zero-order valence-electron chi connectivity index (χ0n) is 19.6. The van der Waals surface area contributed by atoms with Crippen LogP contribution in [0, 0.1) is 5.92 Å². The molecule has 1 N–H and O–H groups in total. The normalized spacial score (nSPS) is 23.7. The summed E-state index contributed by atoms with van der Waals surface area (Å²) in [6.45, 7) is 5.72. The molecule has 7 rings (SSSR count). The van der Waals surface area contributed by atoms with E-state index < -0.39 is 0 Å². The number of benzene rings is 2. The number of piperidine rings is 3. The molecule has 4 saturated heterocycles. The standard InChI is InChI=1S/C27H29N3O3S.ClH/c31-26(28-23-17-29-9-7-18(23)8-10-29)24-16-20-4-2-6-22(25(20)34-24)19-3-1-5-21(15-19)27(32)30-11-13-33-14-12-30;/h1-6,15-16,18,23H,7-14,17H2,(H,28,31);1H/t23-;/m0./s1. The molecule has 4 aliphatic rings. The van der Waals surface area contributed by atoms with Crippen molar-refractivity contribution in [1.29, 1.82) is 0 Å². The van der Waals surface area contributed by atoms with Crippen molar-refractivity contribution in [2.45, 2.75) is 18.9 Å². The largest absolute Gasteiger partial charge is 0.378 e. The topological polar surface area (TPSA) is 61.9 Å². The molecule has 4 aliphatic heterocycles. The predicted molar refractivity (Wildman–Crippen MR) is 142 cm³/mol. The second-order valence-corrected chi connectivity index (χ2v) is 10.6. The van der Waals surface area contributed by atoms with Gasteiger partial charge in [-0.05, 0) is 66.6 Å². The average molecular weight is 512 g/mol. The molecule has 2 aromatic carbocycles. The lowest BCUT2D eigenvalue weighted by molar-refractivity contribution is 0.0303. The summed E-state index contributed by atoms with van der Waals surface area (Å²) < 4.78 is 6.46. The third-order valence-electron chi connectivity index (χ3n) is 7.46. The Morgan fingerprint density at radius 1 is 0.971 bits per heavy atom. The number of amides is 2. The van der Waals surface area contributed by atoms with Crippen molar-refractivity contribution in [3.63, 3.8) is 0 Å². The maximum Gasteiger partial charge on any atom is 0.261 e. The van der Waals surface area contributed by atoms with E-state index in [2.05, 4.69) is 22.3 Å². The highest BCUT2D eigenvalue weighted by Gasteiger charge is 2.35. The number of halogens is 1. The monoisotopic (exact) mass is 511 g/mol. The molecule has 4 fully saturated rings. The molecule has 0 saturated carbocycles. The van der Waals surface area contributed by atoms with E-state index in [9.17, 15) is 9.59 Å². The summed E-state index contributed by atoms with van der Waals surface area (Å²) in [5, 5.41) is 4.38. The molecular formula is C27H30ClN3O3S. The number of carbonyl (C=O) groups is 2. The molecule has 0 radical (unpaired) electrons. The molecule has 1 atom stereocenters. The van der Waals surface area contributed by atoms with Crippen molar-refractivity contribution < 1.29 is 14.3 Å². The second-order valence-electron chi connectivity index (χ2n) is 9.54. The SMILES string of the molecule is Cl.O=C(N[C@H]1CN2CCC1CC2)c1cc2cccc(-c3cccc(C(=O)N4CCOCC4)c3)c2s1. The number of nitrogens with one attached hydrogen (secondary N) is 1. The van der Waals surface area contributed by atoms with Gasteiger partial charge in [-0.3, -0.25) is 9.59 Å². The number of hydrogen-bond acceptors (Lipinski definition) is 5. The highest BCUT2D eigenvalue weighted by molar-refractivity contribution is 7.21. The van der Waals surface area contributed by atoms with E-state index in [1.165, 1.54) is 12.8 Å².